The number of piperidine rings is 1. The Kier molecular flexibility index (Phi) is 5.08. The predicted molar refractivity (Wildman–Crippen MR) is 73.2 cm³/mol. The third-order valence-corrected chi connectivity index (χ3v) is 3.61. The van der Waals surface area contributed by atoms with E-state index in [1.807, 2.05) is 12.3 Å². The van der Waals surface area contributed by atoms with Crippen molar-refractivity contribution in [1.29, 1.82) is 0 Å². The normalized spacial score (nSPS) is 20.6. The van der Waals surface area contributed by atoms with Gasteiger partial charge in [0, 0.05) is 31.4 Å². The van der Waals surface area contributed by atoms with E-state index in [1.165, 1.54) is 25.8 Å². The van der Waals surface area contributed by atoms with Crippen LogP contribution in [0.5, 0.6) is 0 Å². The van der Waals surface area contributed by atoms with E-state index in [-0.39, 0.29) is 0 Å². The summed E-state index contributed by atoms with van der Waals surface area (Å²) in [5.41, 5.74) is 1.11. The van der Waals surface area contributed by atoms with Gasteiger partial charge in [0.25, 0.3) is 0 Å². The van der Waals surface area contributed by atoms with Gasteiger partial charge in [0.05, 0.1) is 5.69 Å². The number of aromatic nitrogens is 2. The standard InChI is InChI=1S/C14H24N4/c1-12(2)18(9-13-5-3-4-7-16-13)10-14-6-8-15-11-17-14/h6,8,11-13,16H,3-5,7,9-10H2,1-2H3. The third-order valence-electron chi connectivity index (χ3n) is 3.61. The summed E-state index contributed by atoms with van der Waals surface area (Å²) in [4.78, 5) is 10.8. The first-order chi connectivity index (χ1) is 8.75. The topological polar surface area (TPSA) is 41.1 Å². The maximum absolute atomic E-state index is 4.32. The van der Waals surface area contributed by atoms with Gasteiger partial charge in [-0.25, -0.2) is 9.97 Å². The van der Waals surface area contributed by atoms with Crippen LogP contribution in [0.25, 0.3) is 0 Å². The van der Waals surface area contributed by atoms with E-state index < -0.39 is 0 Å². The van der Waals surface area contributed by atoms with Crippen molar-refractivity contribution < 1.29 is 0 Å². The van der Waals surface area contributed by atoms with Crippen molar-refractivity contribution in [2.24, 2.45) is 0 Å². The van der Waals surface area contributed by atoms with Crippen LogP contribution in [-0.2, 0) is 6.54 Å². The number of hydrogen-bond acceptors (Lipinski definition) is 4. The summed E-state index contributed by atoms with van der Waals surface area (Å²) < 4.78 is 0. The maximum atomic E-state index is 4.32. The molecule has 4 nitrogen and oxygen atoms in total. The molecule has 100 valence electrons. The lowest BCUT2D eigenvalue weighted by molar-refractivity contribution is 0.175. The molecule has 2 heterocycles. The lowest BCUT2D eigenvalue weighted by atomic mass is 10.0. The fourth-order valence-electron chi connectivity index (χ4n) is 2.44. The minimum atomic E-state index is 0.545. The molecule has 0 amide bonds. The first-order valence-corrected chi connectivity index (χ1v) is 6.98. The fourth-order valence-corrected chi connectivity index (χ4v) is 2.44. The van der Waals surface area contributed by atoms with Crippen molar-refractivity contribution >= 4 is 0 Å². The summed E-state index contributed by atoms with van der Waals surface area (Å²) in [5, 5.41) is 3.62. The molecule has 18 heavy (non-hydrogen) atoms. The van der Waals surface area contributed by atoms with Crippen molar-refractivity contribution in [3.05, 3.63) is 24.3 Å². The van der Waals surface area contributed by atoms with Crippen molar-refractivity contribution in [1.82, 2.24) is 20.2 Å². The molecule has 1 saturated heterocycles. The minimum Gasteiger partial charge on any atom is -0.313 e. The largest absolute Gasteiger partial charge is 0.313 e. The Balaban J connectivity index is 1.91. The third kappa shape index (κ3) is 4.03. The van der Waals surface area contributed by atoms with Gasteiger partial charge < -0.3 is 5.32 Å². The van der Waals surface area contributed by atoms with E-state index in [0.29, 0.717) is 12.1 Å². The van der Waals surface area contributed by atoms with E-state index in [4.69, 9.17) is 0 Å². The van der Waals surface area contributed by atoms with Gasteiger partial charge in [0.1, 0.15) is 6.33 Å². The smallest absolute Gasteiger partial charge is 0.115 e. The summed E-state index contributed by atoms with van der Waals surface area (Å²) in [6, 6.07) is 3.19. The highest BCUT2D eigenvalue weighted by Gasteiger charge is 2.18. The van der Waals surface area contributed by atoms with Crippen LogP contribution in [0.2, 0.25) is 0 Å². The molecule has 1 fully saturated rings. The van der Waals surface area contributed by atoms with Gasteiger partial charge in [-0.15, -0.1) is 0 Å². The van der Waals surface area contributed by atoms with Crippen LogP contribution in [0.4, 0.5) is 0 Å². The van der Waals surface area contributed by atoms with Crippen molar-refractivity contribution in [3.8, 4) is 0 Å². The van der Waals surface area contributed by atoms with E-state index in [0.717, 1.165) is 18.8 Å². The summed E-state index contributed by atoms with van der Waals surface area (Å²) in [6.07, 6.45) is 7.43. The minimum absolute atomic E-state index is 0.545. The fraction of sp³-hybridized carbons (Fsp3) is 0.714. The Hall–Kier alpha value is -1.00. The number of hydrogen-bond donors (Lipinski definition) is 1. The first-order valence-electron chi connectivity index (χ1n) is 6.98. The van der Waals surface area contributed by atoms with Crippen molar-refractivity contribution in [2.45, 2.75) is 51.7 Å². The number of rotatable bonds is 5. The summed E-state index contributed by atoms with van der Waals surface area (Å²) in [6.45, 7) is 7.71. The highest BCUT2D eigenvalue weighted by molar-refractivity contribution is 4.98. The Morgan fingerprint density at radius 3 is 2.94 bits per heavy atom. The molecule has 0 radical (unpaired) electrons. The van der Waals surface area contributed by atoms with Crippen LogP contribution in [-0.4, -0.2) is 40.0 Å². The summed E-state index contributed by atoms with van der Waals surface area (Å²) in [5.74, 6) is 0. The second-order valence-corrected chi connectivity index (χ2v) is 5.37. The second kappa shape index (κ2) is 6.81. The van der Waals surface area contributed by atoms with Gasteiger partial charge in [0.15, 0.2) is 0 Å². The molecule has 0 aromatic carbocycles. The molecule has 4 heteroatoms. The van der Waals surface area contributed by atoms with Crippen LogP contribution < -0.4 is 5.32 Å². The van der Waals surface area contributed by atoms with Crippen LogP contribution >= 0.6 is 0 Å². The van der Waals surface area contributed by atoms with Gasteiger partial charge in [0.2, 0.25) is 0 Å². The quantitative estimate of drug-likeness (QED) is 0.863. The van der Waals surface area contributed by atoms with E-state index in [2.05, 4.69) is 34.0 Å². The van der Waals surface area contributed by atoms with E-state index in [9.17, 15) is 0 Å². The Bertz CT molecular complexity index is 333. The molecule has 0 aliphatic carbocycles. The maximum Gasteiger partial charge on any atom is 0.115 e. The average molecular weight is 248 g/mol. The molecular formula is C14H24N4. The Labute approximate surface area is 110 Å². The molecule has 1 aliphatic rings. The average Bonchev–Trinajstić information content (AvgIpc) is 2.40. The SMILES string of the molecule is CC(C)N(Cc1ccncn1)CC1CCCCN1. The van der Waals surface area contributed by atoms with Gasteiger partial charge >= 0.3 is 0 Å². The molecule has 0 spiro atoms. The summed E-state index contributed by atoms with van der Waals surface area (Å²) in [7, 11) is 0. The molecule has 1 atom stereocenters. The van der Waals surface area contributed by atoms with Crippen LogP contribution in [0, 0.1) is 0 Å². The molecular weight excluding hydrogens is 224 g/mol. The lowest BCUT2D eigenvalue weighted by Crippen LogP contribution is -2.45. The predicted octanol–water partition coefficient (Wildman–Crippen LogP) is 1.83. The first kappa shape index (κ1) is 13.4. The van der Waals surface area contributed by atoms with Gasteiger partial charge in [-0.2, -0.15) is 0 Å². The molecule has 1 N–H and O–H groups in total. The summed E-state index contributed by atoms with van der Waals surface area (Å²) >= 11 is 0. The molecule has 1 aromatic rings. The Morgan fingerprint density at radius 1 is 1.44 bits per heavy atom. The zero-order valence-corrected chi connectivity index (χ0v) is 11.5. The molecule has 0 saturated carbocycles. The van der Waals surface area contributed by atoms with E-state index >= 15 is 0 Å². The molecule has 1 aliphatic heterocycles. The Morgan fingerprint density at radius 2 is 2.33 bits per heavy atom. The number of nitrogens with zero attached hydrogens (tertiary/aromatic N) is 3. The second-order valence-electron chi connectivity index (χ2n) is 5.37. The highest BCUT2D eigenvalue weighted by Crippen LogP contribution is 2.12. The van der Waals surface area contributed by atoms with Gasteiger partial charge in [-0.3, -0.25) is 4.90 Å². The van der Waals surface area contributed by atoms with Crippen molar-refractivity contribution in [2.75, 3.05) is 13.1 Å². The molecule has 1 unspecified atom stereocenters. The number of nitrogens with one attached hydrogen (secondary N) is 1. The van der Waals surface area contributed by atoms with Crippen LogP contribution in [0.3, 0.4) is 0 Å². The molecule has 1 aromatic heterocycles. The van der Waals surface area contributed by atoms with Crippen LogP contribution in [0.1, 0.15) is 38.8 Å². The van der Waals surface area contributed by atoms with Crippen molar-refractivity contribution in [3.63, 3.8) is 0 Å². The zero-order valence-electron chi connectivity index (χ0n) is 11.5. The lowest BCUT2D eigenvalue weighted by Gasteiger charge is -2.32. The molecule has 0 bridgehead atoms. The monoisotopic (exact) mass is 248 g/mol. The van der Waals surface area contributed by atoms with Crippen LogP contribution in [0.15, 0.2) is 18.6 Å². The van der Waals surface area contributed by atoms with Gasteiger partial charge in [-0.1, -0.05) is 6.42 Å². The highest BCUT2D eigenvalue weighted by atomic mass is 15.2. The van der Waals surface area contributed by atoms with E-state index in [1.54, 1.807) is 6.33 Å². The van der Waals surface area contributed by atoms with Gasteiger partial charge in [-0.05, 0) is 39.3 Å². The zero-order chi connectivity index (χ0) is 12.8. The molecule has 2 rings (SSSR count).